The molecule has 0 bridgehead atoms. The van der Waals surface area contributed by atoms with Crippen molar-refractivity contribution < 1.29 is 9.90 Å². The van der Waals surface area contributed by atoms with Crippen molar-refractivity contribution in [1.29, 1.82) is 0 Å². The number of nitrogens with zero attached hydrogens (tertiary/aromatic N) is 4. The Morgan fingerprint density at radius 3 is 2.45 bits per heavy atom. The molecular formula is C25H29N5O3. The van der Waals surface area contributed by atoms with Crippen LogP contribution in [0.5, 0.6) is 0 Å². The maximum absolute atomic E-state index is 12.8. The first-order valence-corrected chi connectivity index (χ1v) is 11.7. The number of carboxylic acid groups (broad SMARTS) is 1. The Morgan fingerprint density at radius 2 is 1.79 bits per heavy atom. The first-order chi connectivity index (χ1) is 16.0. The number of benzene rings is 1. The number of hydrogen-bond donors (Lipinski definition) is 2. The van der Waals surface area contributed by atoms with Gasteiger partial charge in [-0.1, -0.05) is 12.8 Å². The van der Waals surface area contributed by atoms with Gasteiger partial charge in [0.2, 0.25) is 5.95 Å². The van der Waals surface area contributed by atoms with E-state index in [1.807, 2.05) is 35.8 Å². The molecule has 0 radical (unpaired) electrons. The molecular weight excluding hydrogens is 418 g/mol. The van der Waals surface area contributed by atoms with Gasteiger partial charge in [-0.05, 0) is 62.4 Å². The Hall–Kier alpha value is -3.42. The third-order valence-electron chi connectivity index (χ3n) is 7.02. The van der Waals surface area contributed by atoms with Crippen molar-refractivity contribution in [3.05, 3.63) is 52.4 Å². The number of carbonyl (C=O) groups is 1. The molecule has 2 aliphatic rings. The first kappa shape index (κ1) is 21.4. The Labute approximate surface area is 192 Å². The van der Waals surface area contributed by atoms with E-state index in [2.05, 4.69) is 15.2 Å². The SMILES string of the molecule is Cc1cc(=O)n(C2CCCC2)c2nc(Nc3ccc(N4CCC(C(=O)O)CC4)cc3)ncc12. The van der Waals surface area contributed by atoms with Crippen LogP contribution in [0.3, 0.4) is 0 Å². The summed E-state index contributed by atoms with van der Waals surface area (Å²) in [5.41, 5.74) is 3.54. The Balaban J connectivity index is 1.36. The number of rotatable bonds is 5. The Bertz CT molecular complexity index is 1220. The number of nitrogens with one attached hydrogen (secondary N) is 1. The lowest BCUT2D eigenvalue weighted by molar-refractivity contribution is -0.142. The van der Waals surface area contributed by atoms with Gasteiger partial charge in [-0.2, -0.15) is 4.98 Å². The van der Waals surface area contributed by atoms with Gasteiger partial charge in [-0.25, -0.2) is 4.98 Å². The zero-order valence-corrected chi connectivity index (χ0v) is 18.8. The van der Waals surface area contributed by atoms with Gasteiger partial charge in [0.25, 0.3) is 5.56 Å². The van der Waals surface area contributed by atoms with Crippen LogP contribution in [-0.4, -0.2) is 38.7 Å². The molecule has 1 aromatic carbocycles. The summed E-state index contributed by atoms with van der Waals surface area (Å²) in [6, 6.07) is 9.91. The van der Waals surface area contributed by atoms with E-state index in [0.717, 1.165) is 61.1 Å². The second-order valence-corrected chi connectivity index (χ2v) is 9.18. The lowest BCUT2D eigenvalue weighted by Crippen LogP contribution is -2.36. The highest BCUT2D eigenvalue weighted by molar-refractivity contribution is 5.79. The van der Waals surface area contributed by atoms with Crippen LogP contribution < -0.4 is 15.8 Å². The highest BCUT2D eigenvalue weighted by Crippen LogP contribution is 2.31. The van der Waals surface area contributed by atoms with Crippen LogP contribution >= 0.6 is 0 Å². The van der Waals surface area contributed by atoms with Crippen LogP contribution in [0.1, 0.15) is 50.1 Å². The van der Waals surface area contributed by atoms with Crippen LogP contribution in [0.2, 0.25) is 0 Å². The van der Waals surface area contributed by atoms with Crippen LogP contribution in [0.15, 0.2) is 41.3 Å². The largest absolute Gasteiger partial charge is 0.481 e. The summed E-state index contributed by atoms with van der Waals surface area (Å²) in [7, 11) is 0. The van der Waals surface area contributed by atoms with E-state index < -0.39 is 5.97 Å². The van der Waals surface area contributed by atoms with Gasteiger partial charge >= 0.3 is 5.97 Å². The number of fused-ring (bicyclic) bond motifs is 1. The summed E-state index contributed by atoms with van der Waals surface area (Å²) in [4.78, 5) is 35.4. The Kier molecular flexibility index (Phi) is 5.74. The molecule has 3 heterocycles. The molecule has 1 saturated carbocycles. The molecule has 1 aliphatic carbocycles. The average molecular weight is 448 g/mol. The van der Waals surface area contributed by atoms with Crippen LogP contribution in [-0.2, 0) is 4.79 Å². The summed E-state index contributed by atoms with van der Waals surface area (Å²) in [6.45, 7) is 3.42. The quantitative estimate of drug-likeness (QED) is 0.603. The fourth-order valence-corrected chi connectivity index (χ4v) is 5.12. The maximum atomic E-state index is 12.8. The lowest BCUT2D eigenvalue weighted by atomic mass is 9.97. The molecule has 3 aromatic rings. The topological polar surface area (TPSA) is 100 Å². The summed E-state index contributed by atoms with van der Waals surface area (Å²) in [5, 5.41) is 13.4. The lowest BCUT2D eigenvalue weighted by Gasteiger charge is -2.32. The van der Waals surface area contributed by atoms with Crippen molar-refractivity contribution in [3.63, 3.8) is 0 Å². The number of carboxylic acids is 1. The molecule has 0 amide bonds. The molecule has 8 heteroatoms. The van der Waals surface area contributed by atoms with Crippen molar-refractivity contribution in [2.75, 3.05) is 23.3 Å². The first-order valence-electron chi connectivity index (χ1n) is 11.7. The number of hydrogen-bond acceptors (Lipinski definition) is 6. The number of aryl methyl sites for hydroxylation is 1. The molecule has 2 aromatic heterocycles. The highest BCUT2D eigenvalue weighted by atomic mass is 16.4. The second-order valence-electron chi connectivity index (χ2n) is 9.18. The third-order valence-corrected chi connectivity index (χ3v) is 7.02. The fourth-order valence-electron chi connectivity index (χ4n) is 5.12. The number of aromatic nitrogens is 3. The van der Waals surface area contributed by atoms with E-state index in [-0.39, 0.29) is 17.5 Å². The molecule has 8 nitrogen and oxygen atoms in total. The van der Waals surface area contributed by atoms with E-state index in [9.17, 15) is 14.7 Å². The molecule has 0 spiro atoms. The molecule has 1 saturated heterocycles. The number of piperidine rings is 1. The summed E-state index contributed by atoms with van der Waals surface area (Å²) in [6.07, 6.45) is 7.44. The summed E-state index contributed by atoms with van der Waals surface area (Å²) in [5.74, 6) is -0.468. The summed E-state index contributed by atoms with van der Waals surface area (Å²) < 4.78 is 1.85. The van der Waals surface area contributed by atoms with Gasteiger partial charge in [-0.15, -0.1) is 0 Å². The monoisotopic (exact) mass is 447 g/mol. The molecule has 1 aliphatic heterocycles. The molecule has 0 unspecified atom stereocenters. The van der Waals surface area contributed by atoms with Crippen LogP contribution in [0.25, 0.3) is 11.0 Å². The van der Waals surface area contributed by atoms with Crippen molar-refractivity contribution >= 4 is 34.3 Å². The molecule has 5 rings (SSSR count). The van der Waals surface area contributed by atoms with Crippen molar-refractivity contribution in [1.82, 2.24) is 14.5 Å². The standard InChI is InChI=1S/C25H29N5O3/c1-16-14-22(31)30(20-4-2-3-5-20)23-21(16)15-26-25(28-23)27-18-6-8-19(9-7-18)29-12-10-17(11-13-29)24(32)33/h6-9,14-15,17,20H,2-5,10-13H2,1H3,(H,32,33)(H,26,27,28). The smallest absolute Gasteiger partial charge is 0.306 e. The van der Waals surface area contributed by atoms with E-state index in [1.165, 1.54) is 0 Å². The molecule has 2 fully saturated rings. The molecule has 2 N–H and O–H groups in total. The third kappa shape index (κ3) is 4.29. The van der Waals surface area contributed by atoms with Gasteiger partial charge in [0.1, 0.15) is 5.65 Å². The highest BCUT2D eigenvalue weighted by Gasteiger charge is 2.25. The van der Waals surface area contributed by atoms with Gasteiger partial charge < -0.3 is 15.3 Å². The van der Waals surface area contributed by atoms with Crippen molar-refractivity contribution in [3.8, 4) is 0 Å². The fraction of sp³-hybridized carbons (Fsp3) is 0.440. The van der Waals surface area contributed by atoms with E-state index in [1.54, 1.807) is 12.3 Å². The summed E-state index contributed by atoms with van der Waals surface area (Å²) >= 11 is 0. The van der Waals surface area contributed by atoms with Crippen molar-refractivity contribution in [2.45, 2.75) is 51.5 Å². The molecule has 33 heavy (non-hydrogen) atoms. The van der Waals surface area contributed by atoms with Gasteiger partial charge in [0.15, 0.2) is 0 Å². The van der Waals surface area contributed by atoms with E-state index in [0.29, 0.717) is 24.4 Å². The van der Waals surface area contributed by atoms with Gasteiger partial charge in [0.05, 0.1) is 5.92 Å². The minimum atomic E-state index is -0.696. The second kappa shape index (κ2) is 8.84. The van der Waals surface area contributed by atoms with Crippen LogP contribution in [0, 0.1) is 12.8 Å². The van der Waals surface area contributed by atoms with E-state index >= 15 is 0 Å². The normalized spacial score (nSPS) is 17.5. The van der Waals surface area contributed by atoms with Gasteiger partial charge in [0, 0.05) is 48.2 Å². The maximum Gasteiger partial charge on any atom is 0.306 e. The zero-order valence-electron chi connectivity index (χ0n) is 18.8. The average Bonchev–Trinajstić information content (AvgIpc) is 3.34. The number of pyridine rings is 1. The van der Waals surface area contributed by atoms with Crippen molar-refractivity contribution in [2.24, 2.45) is 5.92 Å². The van der Waals surface area contributed by atoms with E-state index in [4.69, 9.17) is 4.98 Å². The number of anilines is 3. The molecule has 0 atom stereocenters. The van der Waals surface area contributed by atoms with Crippen LogP contribution in [0.4, 0.5) is 17.3 Å². The predicted molar refractivity (Wildman–Crippen MR) is 128 cm³/mol. The molecule has 172 valence electrons. The minimum absolute atomic E-state index is 0.00701. The number of aliphatic carboxylic acids is 1. The van der Waals surface area contributed by atoms with Gasteiger partial charge in [-0.3, -0.25) is 14.2 Å². The zero-order chi connectivity index (χ0) is 22.9. The Morgan fingerprint density at radius 1 is 1.09 bits per heavy atom. The predicted octanol–water partition coefficient (Wildman–Crippen LogP) is 4.26. The minimum Gasteiger partial charge on any atom is -0.481 e.